The van der Waals surface area contributed by atoms with Crippen molar-refractivity contribution in [2.45, 2.75) is 50.0 Å². The van der Waals surface area contributed by atoms with E-state index in [1.54, 1.807) is 0 Å². The fraction of sp³-hybridized carbons (Fsp3) is 0.458. The highest BCUT2D eigenvalue weighted by atomic mass is 16.6. The first-order valence-corrected chi connectivity index (χ1v) is 10.6. The third-order valence-electron chi connectivity index (χ3n) is 5.99. The van der Waals surface area contributed by atoms with Crippen LogP contribution in [0.3, 0.4) is 0 Å². The van der Waals surface area contributed by atoms with Crippen LogP contribution in [0.1, 0.15) is 36.9 Å². The maximum absolute atomic E-state index is 11.7. The minimum Gasteiger partial charge on any atom is -0.484 e. The number of amides is 1. The van der Waals surface area contributed by atoms with Crippen molar-refractivity contribution < 1.29 is 19.4 Å². The van der Waals surface area contributed by atoms with Gasteiger partial charge in [-0.3, -0.25) is 4.79 Å². The van der Waals surface area contributed by atoms with E-state index < -0.39 is 6.10 Å². The SMILES string of the molecule is CC(=O)N[C@@H](Cc1ccccc1)[C@H](O)CN[C@H]1C[C@@]2(CCOC2)Oc2ccccc21. The number of carbonyl (C=O) groups is 1. The first kappa shape index (κ1) is 20.8. The van der Waals surface area contributed by atoms with Crippen LogP contribution in [0.2, 0.25) is 0 Å². The van der Waals surface area contributed by atoms with Crippen molar-refractivity contribution in [1.29, 1.82) is 0 Å². The lowest BCUT2D eigenvalue weighted by Crippen LogP contribution is -2.50. The molecule has 0 aliphatic carbocycles. The van der Waals surface area contributed by atoms with E-state index in [0.29, 0.717) is 26.2 Å². The zero-order chi connectivity index (χ0) is 21.0. The molecule has 2 aliphatic rings. The molecule has 0 unspecified atom stereocenters. The number of rotatable bonds is 7. The van der Waals surface area contributed by atoms with Crippen molar-refractivity contribution in [3.05, 3.63) is 65.7 Å². The number of para-hydroxylation sites is 1. The molecule has 0 aromatic heterocycles. The molecule has 2 aliphatic heterocycles. The maximum Gasteiger partial charge on any atom is 0.217 e. The summed E-state index contributed by atoms with van der Waals surface area (Å²) in [6.07, 6.45) is 1.51. The number of nitrogens with one attached hydrogen (secondary N) is 2. The largest absolute Gasteiger partial charge is 0.484 e. The van der Waals surface area contributed by atoms with Crippen LogP contribution in [0.5, 0.6) is 5.75 Å². The molecule has 4 atom stereocenters. The average Bonchev–Trinajstić information content (AvgIpc) is 3.19. The highest BCUT2D eigenvalue weighted by molar-refractivity contribution is 5.73. The topological polar surface area (TPSA) is 79.8 Å². The van der Waals surface area contributed by atoms with Crippen LogP contribution < -0.4 is 15.4 Å². The number of benzene rings is 2. The lowest BCUT2D eigenvalue weighted by atomic mass is 9.86. The van der Waals surface area contributed by atoms with E-state index in [1.807, 2.05) is 48.5 Å². The summed E-state index contributed by atoms with van der Waals surface area (Å²) in [5.41, 5.74) is 1.87. The van der Waals surface area contributed by atoms with Crippen LogP contribution in [0.4, 0.5) is 0 Å². The fourth-order valence-corrected chi connectivity index (χ4v) is 4.45. The molecule has 1 amide bonds. The van der Waals surface area contributed by atoms with E-state index in [-0.39, 0.29) is 23.6 Å². The van der Waals surface area contributed by atoms with Gasteiger partial charge in [-0.15, -0.1) is 0 Å². The quantitative estimate of drug-likeness (QED) is 0.653. The van der Waals surface area contributed by atoms with Gasteiger partial charge in [-0.1, -0.05) is 48.5 Å². The van der Waals surface area contributed by atoms with Gasteiger partial charge in [0.25, 0.3) is 0 Å². The monoisotopic (exact) mass is 410 g/mol. The Kier molecular flexibility index (Phi) is 6.37. The van der Waals surface area contributed by atoms with Crippen LogP contribution in [0.25, 0.3) is 0 Å². The second-order valence-corrected chi connectivity index (χ2v) is 8.35. The molecule has 2 aromatic rings. The van der Waals surface area contributed by atoms with E-state index in [1.165, 1.54) is 6.92 Å². The Morgan fingerprint density at radius 1 is 1.20 bits per heavy atom. The highest BCUT2D eigenvalue weighted by Crippen LogP contribution is 2.43. The van der Waals surface area contributed by atoms with Gasteiger partial charge in [0.2, 0.25) is 5.91 Å². The molecule has 1 saturated heterocycles. The maximum atomic E-state index is 11.7. The molecule has 0 bridgehead atoms. The lowest BCUT2D eigenvalue weighted by molar-refractivity contribution is -0.120. The molecule has 30 heavy (non-hydrogen) atoms. The van der Waals surface area contributed by atoms with E-state index in [9.17, 15) is 9.90 Å². The number of hydrogen-bond acceptors (Lipinski definition) is 5. The minimum atomic E-state index is -0.722. The minimum absolute atomic E-state index is 0.0565. The summed E-state index contributed by atoms with van der Waals surface area (Å²) < 4.78 is 11.9. The molecular formula is C24H30N2O4. The van der Waals surface area contributed by atoms with E-state index >= 15 is 0 Å². The molecule has 4 rings (SSSR count). The first-order chi connectivity index (χ1) is 14.5. The number of hydrogen-bond donors (Lipinski definition) is 3. The van der Waals surface area contributed by atoms with E-state index in [0.717, 1.165) is 29.7 Å². The summed E-state index contributed by atoms with van der Waals surface area (Å²) in [6, 6.07) is 17.6. The molecule has 2 heterocycles. The Labute approximate surface area is 177 Å². The fourth-order valence-electron chi connectivity index (χ4n) is 4.45. The van der Waals surface area contributed by atoms with Crippen molar-refractivity contribution >= 4 is 5.91 Å². The second-order valence-electron chi connectivity index (χ2n) is 8.35. The van der Waals surface area contributed by atoms with Crippen molar-refractivity contribution in [3.63, 3.8) is 0 Å². The first-order valence-electron chi connectivity index (χ1n) is 10.6. The standard InChI is InChI=1S/C24H30N2O4/c1-17(27)26-20(13-18-7-3-2-4-8-18)22(28)15-25-21-14-24(11-12-29-16-24)30-23-10-6-5-9-19(21)23/h2-10,20-22,25,28H,11-16H2,1H3,(H,26,27)/t20-,21-,22+,24+/m0/s1. The number of aliphatic hydroxyl groups is 1. The van der Waals surface area contributed by atoms with Gasteiger partial charge in [0.05, 0.1) is 25.4 Å². The lowest BCUT2D eigenvalue weighted by Gasteiger charge is -2.39. The number of ether oxygens (including phenoxy) is 2. The van der Waals surface area contributed by atoms with Crippen molar-refractivity contribution in [1.82, 2.24) is 10.6 Å². The summed E-state index contributed by atoms with van der Waals surface area (Å²) >= 11 is 0. The molecule has 1 fully saturated rings. The Bertz CT molecular complexity index is 851. The third kappa shape index (κ3) is 4.83. The van der Waals surface area contributed by atoms with Gasteiger partial charge in [0, 0.05) is 37.9 Å². The molecule has 6 heteroatoms. The van der Waals surface area contributed by atoms with Crippen LogP contribution in [-0.4, -0.2) is 48.5 Å². The summed E-state index contributed by atoms with van der Waals surface area (Å²) in [4.78, 5) is 11.7. The molecule has 160 valence electrons. The van der Waals surface area contributed by atoms with Gasteiger partial charge in [-0.2, -0.15) is 0 Å². The normalized spacial score (nSPS) is 24.7. The third-order valence-corrected chi connectivity index (χ3v) is 5.99. The van der Waals surface area contributed by atoms with Crippen LogP contribution >= 0.6 is 0 Å². The van der Waals surface area contributed by atoms with Crippen molar-refractivity contribution in [3.8, 4) is 5.75 Å². The Balaban J connectivity index is 1.45. The zero-order valence-corrected chi connectivity index (χ0v) is 17.3. The van der Waals surface area contributed by atoms with E-state index in [2.05, 4.69) is 16.7 Å². The van der Waals surface area contributed by atoms with Gasteiger partial charge < -0.3 is 25.2 Å². The predicted molar refractivity (Wildman–Crippen MR) is 114 cm³/mol. The second kappa shape index (κ2) is 9.16. The predicted octanol–water partition coefficient (Wildman–Crippen LogP) is 2.37. The summed E-state index contributed by atoms with van der Waals surface area (Å²) in [7, 11) is 0. The van der Waals surface area contributed by atoms with Crippen LogP contribution in [0.15, 0.2) is 54.6 Å². The molecule has 0 radical (unpaired) electrons. The molecule has 1 spiro atoms. The van der Waals surface area contributed by atoms with Gasteiger partial charge in [0.1, 0.15) is 11.4 Å². The molecular weight excluding hydrogens is 380 g/mol. The summed E-state index contributed by atoms with van der Waals surface area (Å²) in [5.74, 6) is 0.734. The van der Waals surface area contributed by atoms with Gasteiger partial charge in [-0.05, 0) is 18.1 Å². The Hall–Kier alpha value is -2.41. The van der Waals surface area contributed by atoms with E-state index in [4.69, 9.17) is 9.47 Å². The van der Waals surface area contributed by atoms with Crippen molar-refractivity contribution in [2.24, 2.45) is 0 Å². The van der Waals surface area contributed by atoms with Crippen molar-refractivity contribution in [2.75, 3.05) is 19.8 Å². The molecule has 0 saturated carbocycles. The van der Waals surface area contributed by atoms with Crippen LogP contribution in [0, 0.1) is 0 Å². The van der Waals surface area contributed by atoms with Gasteiger partial charge in [-0.25, -0.2) is 0 Å². The summed E-state index contributed by atoms with van der Waals surface area (Å²) in [6.45, 7) is 3.15. The molecule has 3 N–H and O–H groups in total. The average molecular weight is 411 g/mol. The Morgan fingerprint density at radius 3 is 2.70 bits per heavy atom. The number of fused-ring (bicyclic) bond motifs is 1. The number of carbonyl (C=O) groups excluding carboxylic acids is 1. The molecule has 2 aromatic carbocycles. The van der Waals surface area contributed by atoms with Gasteiger partial charge >= 0.3 is 0 Å². The van der Waals surface area contributed by atoms with Crippen LogP contribution in [-0.2, 0) is 16.0 Å². The Morgan fingerprint density at radius 2 is 1.97 bits per heavy atom. The highest BCUT2D eigenvalue weighted by Gasteiger charge is 2.44. The smallest absolute Gasteiger partial charge is 0.217 e. The zero-order valence-electron chi connectivity index (χ0n) is 17.3. The molecule has 6 nitrogen and oxygen atoms in total. The summed E-state index contributed by atoms with van der Waals surface area (Å²) in [5, 5.41) is 17.4. The van der Waals surface area contributed by atoms with Gasteiger partial charge in [0.15, 0.2) is 0 Å². The number of aliphatic hydroxyl groups excluding tert-OH is 1.